The van der Waals surface area contributed by atoms with Crippen LogP contribution in [-0.2, 0) is 6.54 Å². The highest BCUT2D eigenvalue weighted by Gasteiger charge is 2.16. The maximum absolute atomic E-state index is 5.20. The molecule has 0 N–H and O–H groups in total. The second-order valence-corrected chi connectivity index (χ2v) is 6.44. The molecule has 0 amide bonds. The Balaban J connectivity index is 1.61. The second kappa shape index (κ2) is 7.22. The predicted octanol–water partition coefficient (Wildman–Crippen LogP) is 2.96. The van der Waals surface area contributed by atoms with Gasteiger partial charge in [-0.1, -0.05) is 6.92 Å². The molecule has 1 fully saturated rings. The third-order valence-electron chi connectivity index (χ3n) is 4.19. The topological polar surface area (TPSA) is 28.6 Å². The van der Waals surface area contributed by atoms with E-state index in [0.29, 0.717) is 0 Å². The Bertz CT molecular complexity index is 588. The van der Waals surface area contributed by atoms with E-state index in [4.69, 9.17) is 9.72 Å². The molecule has 1 aromatic carbocycles. The van der Waals surface area contributed by atoms with E-state index in [-0.39, 0.29) is 0 Å². The van der Waals surface area contributed by atoms with Crippen LogP contribution in [0.4, 0.5) is 0 Å². The number of ether oxygens (including phenoxy) is 1. The normalized spacial score (nSPS) is 16.8. The fourth-order valence-corrected chi connectivity index (χ4v) is 3.56. The fraction of sp³-hybridized carbons (Fsp3) is 0.471. The van der Waals surface area contributed by atoms with E-state index in [2.05, 4.69) is 34.2 Å². The van der Waals surface area contributed by atoms with Crippen LogP contribution in [0.25, 0.3) is 10.6 Å². The number of hydrogen-bond donors (Lipinski definition) is 0. The molecule has 0 bridgehead atoms. The van der Waals surface area contributed by atoms with Gasteiger partial charge in [0.05, 0.1) is 12.8 Å². The van der Waals surface area contributed by atoms with Crippen molar-refractivity contribution in [2.75, 3.05) is 39.8 Å². The Labute approximate surface area is 136 Å². The van der Waals surface area contributed by atoms with E-state index in [1.54, 1.807) is 18.4 Å². The van der Waals surface area contributed by atoms with Gasteiger partial charge in [0.1, 0.15) is 10.8 Å². The molecular weight excluding hydrogens is 294 g/mol. The third-order valence-corrected chi connectivity index (χ3v) is 5.13. The maximum Gasteiger partial charge on any atom is 0.123 e. The Morgan fingerprint density at radius 1 is 1.09 bits per heavy atom. The van der Waals surface area contributed by atoms with Gasteiger partial charge in [-0.2, -0.15) is 0 Å². The molecule has 1 saturated heterocycles. The maximum atomic E-state index is 5.20. The molecule has 2 aromatic rings. The Kier molecular flexibility index (Phi) is 5.08. The third kappa shape index (κ3) is 3.66. The van der Waals surface area contributed by atoms with Crippen molar-refractivity contribution in [2.45, 2.75) is 13.5 Å². The lowest BCUT2D eigenvalue weighted by atomic mass is 10.2. The summed E-state index contributed by atoms with van der Waals surface area (Å²) in [6.07, 6.45) is 0. The first kappa shape index (κ1) is 15.5. The van der Waals surface area contributed by atoms with Crippen molar-refractivity contribution in [3.05, 3.63) is 35.3 Å². The standard InChI is InChI=1S/C17H23N3OS/c1-3-19-8-10-20(11-9-19)12-15-13-22-17(18-15)14-4-6-16(21-2)7-5-14/h4-7,13H,3,8-12H2,1-2H3. The molecule has 2 heterocycles. The fourth-order valence-electron chi connectivity index (χ4n) is 2.74. The molecule has 0 unspecified atom stereocenters. The van der Waals surface area contributed by atoms with Crippen LogP contribution in [-0.4, -0.2) is 54.6 Å². The van der Waals surface area contributed by atoms with Crippen LogP contribution in [0.2, 0.25) is 0 Å². The van der Waals surface area contributed by atoms with Crippen LogP contribution in [0, 0.1) is 0 Å². The summed E-state index contributed by atoms with van der Waals surface area (Å²) in [6, 6.07) is 8.11. The molecule has 1 aromatic heterocycles. The number of hydrogen-bond acceptors (Lipinski definition) is 5. The van der Waals surface area contributed by atoms with Crippen LogP contribution in [0.1, 0.15) is 12.6 Å². The van der Waals surface area contributed by atoms with Crippen molar-refractivity contribution < 1.29 is 4.74 Å². The van der Waals surface area contributed by atoms with Crippen LogP contribution < -0.4 is 4.74 Å². The van der Waals surface area contributed by atoms with E-state index in [9.17, 15) is 0 Å². The van der Waals surface area contributed by atoms with Crippen molar-refractivity contribution >= 4 is 11.3 Å². The van der Waals surface area contributed by atoms with Gasteiger partial charge >= 0.3 is 0 Å². The Hall–Kier alpha value is -1.43. The zero-order chi connectivity index (χ0) is 15.4. The molecule has 118 valence electrons. The van der Waals surface area contributed by atoms with Gasteiger partial charge in [0.15, 0.2) is 0 Å². The van der Waals surface area contributed by atoms with E-state index >= 15 is 0 Å². The van der Waals surface area contributed by atoms with Crippen LogP contribution in [0.3, 0.4) is 0 Å². The number of piperazine rings is 1. The molecule has 22 heavy (non-hydrogen) atoms. The van der Waals surface area contributed by atoms with Gasteiger partial charge in [0.2, 0.25) is 0 Å². The highest BCUT2D eigenvalue weighted by atomic mass is 32.1. The van der Waals surface area contributed by atoms with Gasteiger partial charge in [0, 0.05) is 43.7 Å². The van der Waals surface area contributed by atoms with Crippen LogP contribution in [0.5, 0.6) is 5.75 Å². The summed E-state index contributed by atoms with van der Waals surface area (Å²) in [6.45, 7) is 8.98. The molecule has 0 aliphatic carbocycles. The molecule has 4 nitrogen and oxygen atoms in total. The van der Waals surface area contributed by atoms with Crippen LogP contribution >= 0.6 is 11.3 Å². The average Bonchev–Trinajstić information content (AvgIpc) is 3.04. The van der Waals surface area contributed by atoms with Gasteiger partial charge in [-0.3, -0.25) is 4.90 Å². The van der Waals surface area contributed by atoms with Gasteiger partial charge in [-0.25, -0.2) is 4.98 Å². The minimum absolute atomic E-state index is 0.884. The molecule has 1 aliphatic rings. The first-order chi connectivity index (χ1) is 10.8. The largest absolute Gasteiger partial charge is 0.497 e. The molecule has 0 radical (unpaired) electrons. The van der Waals surface area contributed by atoms with Crippen molar-refractivity contribution in [2.24, 2.45) is 0 Å². The zero-order valence-electron chi connectivity index (χ0n) is 13.3. The molecule has 0 saturated carbocycles. The van der Waals surface area contributed by atoms with E-state index in [0.717, 1.165) is 42.5 Å². The summed E-state index contributed by atoms with van der Waals surface area (Å²) < 4.78 is 5.20. The summed E-state index contributed by atoms with van der Waals surface area (Å²) in [4.78, 5) is 9.79. The number of rotatable bonds is 5. The lowest BCUT2D eigenvalue weighted by molar-refractivity contribution is 0.131. The highest BCUT2D eigenvalue weighted by molar-refractivity contribution is 7.13. The lowest BCUT2D eigenvalue weighted by Crippen LogP contribution is -2.45. The number of benzene rings is 1. The molecule has 5 heteroatoms. The number of thiazole rings is 1. The van der Waals surface area contributed by atoms with E-state index in [1.807, 2.05) is 12.1 Å². The molecular formula is C17H23N3OS. The number of likely N-dealkylation sites (N-methyl/N-ethyl adjacent to an activating group) is 1. The predicted molar refractivity (Wildman–Crippen MR) is 91.5 cm³/mol. The van der Waals surface area contributed by atoms with Crippen LogP contribution in [0.15, 0.2) is 29.6 Å². The minimum Gasteiger partial charge on any atom is -0.497 e. The van der Waals surface area contributed by atoms with E-state index < -0.39 is 0 Å². The van der Waals surface area contributed by atoms with Gasteiger partial charge in [-0.05, 0) is 30.8 Å². The smallest absolute Gasteiger partial charge is 0.123 e. The molecule has 0 atom stereocenters. The van der Waals surface area contributed by atoms with Crippen molar-refractivity contribution in [1.82, 2.24) is 14.8 Å². The number of nitrogens with zero attached hydrogens (tertiary/aromatic N) is 3. The molecule has 0 spiro atoms. The first-order valence-corrected chi connectivity index (χ1v) is 8.70. The zero-order valence-corrected chi connectivity index (χ0v) is 14.1. The minimum atomic E-state index is 0.884. The summed E-state index contributed by atoms with van der Waals surface area (Å²) in [5.41, 5.74) is 2.34. The molecule has 1 aliphatic heterocycles. The summed E-state index contributed by atoms with van der Waals surface area (Å²) >= 11 is 1.72. The SMILES string of the molecule is CCN1CCN(Cc2csc(-c3ccc(OC)cc3)n2)CC1. The van der Waals surface area contributed by atoms with E-state index in [1.165, 1.54) is 18.8 Å². The number of methoxy groups -OCH3 is 1. The van der Waals surface area contributed by atoms with Crippen molar-refractivity contribution in [3.63, 3.8) is 0 Å². The van der Waals surface area contributed by atoms with Gasteiger partial charge < -0.3 is 9.64 Å². The quantitative estimate of drug-likeness (QED) is 0.848. The monoisotopic (exact) mass is 317 g/mol. The first-order valence-electron chi connectivity index (χ1n) is 7.82. The Morgan fingerprint density at radius 3 is 2.41 bits per heavy atom. The lowest BCUT2D eigenvalue weighted by Gasteiger charge is -2.33. The number of aromatic nitrogens is 1. The second-order valence-electron chi connectivity index (χ2n) is 5.58. The molecule has 3 rings (SSSR count). The summed E-state index contributed by atoms with van der Waals surface area (Å²) in [5, 5.41) is 3.27. The van der Waals surface area contributed by atoms with Gasteiger partial charge in [0.25, 0.3) is 0 Å². The van der Waals surface area contributed by atoms with Crippen molar-refractivity contribution in [3.8, 4) is 16.3 Å². The summed E-state index contributed by atoms with van der Waals surface area (Å²) in [5.74, 6) is 0.884. The Morgan fingerprint density at radius 2 is 1.77 bits per heavy atom. The van der Waals surface area contributed by atoms with Crippen molar-refractivity contribution in [1.29, 1.82) is 0 Å². The highest BCUT2D eigenvalue weighted by Crippen LogP contribution is 2.26. The van der Waals surface area contributed by atoms with Gasteiger partial charge in [-0.15, -0.1) is 11.3 Å². The average molecular weight is 317 g/mol. The summed E-state index contributed by atoms with van der Waals surface area (Å²) in [7, 11) is 1.69.